The van der Waals surface area contributed by atoms with Gasteiger partial charge in [0.15, 0.2) is 5.41 Å². The van der Waals surface area contributed by atoms with E-state index in [0.29, 0.717) is 5.75 Å². The summed E-state index contributed by atoms with van der Waals surface area (Å²) in [5, 5.41) is 30.4. The molecule has 0 bridgehead atoms. The van der Waals surface area contributed by atoms with Crippen LogP contribution in [0.1, 0.15) is 23.5 Å². The van der Waals surface area contributed by atoms with Crippen molar-refractivity contribution in [3.63, 3.8) is 0 Å². The highest BCUT2D eigenvalue weighted by molar-refractivity contribution is 5.54. The zero-order valence-corrected chi connectivity index (χ0v) is 15.4. The van der Waals surface area contributed by atoms with Gasteiger partial charge in [-0.1, -0.05) is 30.4 Å². The first kappa shape index (κ1) is 20.4. The van der Waals surface area contributed by atoms with E-state index in [1.54, 1.807) is 49.6 Å². The number of benzene rings is 2. The summed E-state index contributed by atoms with van der Waals surface area (Å²) in [5.41, 5.74) is 0.184. The van der Waals surface area contributed by atoms with Gasteiger partial charge < -0.3 is 4.74 Å². The van der Waals surface area contributed by atoms with E-state index in [1.165, 1.54) is 12.1 Å². The smallest absolute Gasteiger partial charge is 0.269 e. The minimum atomic E-state index is -1.33. The molecule has 0 N–H and O–H groups in total. The number of ether oxygens (including phenoxy) is 1. The molecule has 2 aromatic carbocycles. The number of nitro benzene ring substituents is 1. The Hall–Kier alpha value is -3.90. The molecule has 0 aliphatic rings. The molecule has 0 aromatic heterocycles. The van der Waals surface area contributed by atoms with Crippen molar-refractivity contribution in [2.45, 2.75) is 12.3 Å². The van der Waals surface area contributed by atoms with E-state index in [0.717, 1.165) is 11.1 Å². The van der Waals surface area contributed by atoms with E-state index in [4.69, 9.17) is 4.74 Å². The van der Waals surface area contributed by atoms with Gasteiger partial charge in [0.25, 0.3) is 5.69 Å². The van der Waals surface area contributed by atoms with E-state index in [9.17, 15) is 20.6 Å². The Morgan fingerprint density at radius 2 is 1.79 bits per heavy atom. The van der Waals surface area contributed by atoms with Gasteiger partial charge in [-0.3, -0.25) is 10.1 Å². The van der Waals surface area contributed by atoms with Crippen molar-refractivity contribution < 1.29 is 9.66 Å². The number of allylic oxidation sites excluding steroid dienone is 2. The number of nitrogens with zero attached hydrogens (tertiary/aromatic N) is 3. The molecule has 0 aliphatic carbocycles. The van der Waals surface area contributed by atoms with E-state index >= 15 is 0 Å². The van der Waals surface area contributed by atoms with Gasteiger partial charge in [-0.2, -0.15) is 10.5 Å². The fourth-order valence-electron chi connectivity index (χ4n) is 2.90. The van der Waals surface area contributed by atoms with Gasteiger partial charge in [0.05, 0.1) is 24.2 Å². The monoisotopic (exact) mass is 373 g/mol. The van der Waals surface area contributed by atoms with E-state index in [1.807, 2.05) is 12.1 Å². The molecule has 28 heavy (non-hydrogen) atoms. The normalized spacial score (nSPS) is 12.0. The topological polar surface area (TPSA) is 100.0 Å². The Morgan fingerprint density at radius 1 is 1.18 bits per heavy atom. The van der Waals surface area contributed by atoms with Crippen LogP contribution in [0.4, 0.5) is 5.69 Å². The van der Waals surface area contributed by atoms with Crippen LogP contribution in [0.25, 0.3) is 6.08 Å². The van der Waals surface area contributed by atoms with Crippen molar-refractivity contribution in [3.8, 4) is 17.9 Å². The Labute approximate surface area is 163 Å². The minimum absolute atomic E-state index is 0.00101. The molecular formula is C22H19N3O3. The van der Waals surface area contributed by atoms with E-state index < -0.39 is 16.3 Å². The maximum atomic E-state index is 10.8. The molecule has 0 saturated heterocycles. The zero-order valence-electron chi connectivity index (χ0n) is 15.4. The van der Waals surface area contributed by atoms with Crippen molar-refractivity contribution >= 4 is 11.8 Å². The van der Waals surface area contributed by atoms with Crippen molar-refractivity contribution in [1.29, 1.82) is 10.5 Å². The van der Waals surface area contributed by atoms with Gasteiger partial charge in [0.2, 0.25) is 0 Å². The number of nitro groups is 1. The van der Waals surface area contributed by atoms with Crippen molar-refractivity contribution in [2.75, 3.05) is 7.11 Å². The third kappa shape index (κ3) is 4.44. The first-order valence-electron chi connectivity index (χ1n) is 8.49. The highest BCUT2D eigenvalue weighted by atomic mass is 16.6. The maximum absolute atomic E-state index is 10.8. The predicted octanol–water partition coefficient (Wildman–Crippen LogP) is 5.01. The zero-order chi connectivity index (χ0) is 20.6. The van der Waals surface area contributed by atoms with Crippen LogP contribution in [0.2, 0.25) is 0 Å². The fraction of sp³-hybridized carbons (Fsp3) is 0.182. The predicted molar refractivity (Wildman–Crippen MR) is 106 cm³/mol. The Balaban J connectivity index is 2.47. The second kappa shape index (κ2) is 9.16. The number of nitriles is 2. The van der Waals surface area contributed by atoms with Crippen molar-refractivity contribution in [3.05, 3.63) is 88.5 Å². The number of rotatable bonds is 8. The molecule has 6 nitrogen and oxygen atoms in total. The summed E-state index contributed by atoms with van der Waals surface area (Å²) in [7, 11) is 1.56. The van der Waals surface area contributed by atoms with Crippen LogP contribution in [-0.2, 0) is 0 Å². The number of hydrogen-bond acceptors (Lipinski definition) is 5. The van der Waals surface area contributed by atoms with Crippen LogP contribution in [0.15, 0.2) is 67.3 Å². The lowest BCUT2D eigenvalue weighted by molar-refractivity contribution is -0.384. The molecule has 0 aliphatic heterocycles. The molecule has 0 amide bonds. The number of hydrogen-bond donors (Lipinski definition) is 0. The van der Waals surface area contributed by atoms with Gasteiger partial charge >= 0.3 is 0 Å². The maximum Gasteiger partial charge on any atom is 0.269 e. The lowest BCUT2D eigenvalue weighted by Crippen LogP contribution is -2.24. The summed E-state index contributed by atoms with van der Waals surface area (Å²) in [5.74, 6) is 0.145. The van der Waals surface area contributed by atoms with Gasteiger partial charge in [0.1, 0.15) is 5.75 Å². The number of methoxy groups -OCH3 is 1. The highest BCUT2D eigenvalue weighted by Gasteiger charge is 2.38. The molecule has 1 atom stereocenters. The first-order chi connectivity index (χ1) is 13.5. The molecule has 2 aromatic rings. The minimum Gasteiger partial charge on any atom is -0.497 e. The third-order valence-electron chi connectivity index (χ3n) is 4.46. The molecule has 1 unspecified atom stereocenters. The van der Waals surface area contributed by atoms with Gasteiger partial charge in [0, 0.05) is 18.1 Å². The summed E-state index contributed by atoms with van der Waals surface area (Å²) in [6, 6.07) is 17.5. The second-order valence-corrected chi connectivity index (χ2v) is 6.15. The fourth-order valence-corrected chi connectivity index (χ4v) is 2.90. The van der Waals surface area contributed by atoms with Crippen LogP contribution in [0.3, 0.4) is 0 Å². The lowest BCUT2D eigenvalue weighted by atomic mass is 9.71. The summed E-state index contributed by atoms with van der Waals surface area (Å²) >= 11 is 0. The molecule has 0 spiro atoms. The quantitative estimate of drug-likeness (QED) is 0.368. The van der Waals surface area contributed by atoms with Gasteiger partial charge in [-0.05, 0) is 41.8 Å². The molecular weight excluding hydrogens is 354 g/mol. The third-order valence-corrected chi connectivity index (χ3v) is 4.46. The molecule has 0 radical (unpaired) electrons. The standard InChI is InChI=1S/C22H19N3O3/c1-3-14-22(15-23,16-24)21(18-7-11-20(28-2)12-8-18)13-6-17-4-9-19(10-5-17)25(26)27/h3-13,21H,1,14H2,2H3/b13-6+. The average Bonchev–Trinajstić information content (AvgIpc) is 2.73. The number of non-ortho nitro benzene ring substituents is 1. The van der Waals surface area contributed by atoms with Crippen molar-refractivity contribution in [1.82, 2.24) is 0 Å². The second-order valence-electron chi connectivity index (χ2n) is 6.15. The lowest BCUT2D eigenvalue weighted by Gasteiger charge is -2.26. The summed E-state index contributed by atoms with van der Waals surface area (Å²) < 4.78 is 5.18. The molecule has 0 saturated carbocycles. The molecule has 140 valence electrons. The van der Waals surface area contributed by atoms with Crippen LogP contribution < -0.4 is 4.74 Å². The summed E-state index contributed by atoms with van der Waals surface area (Å²) in [6.45, 7) is 3.68. The molecule has 6 heteroatoms. The SMILES string of the molecule is C=CCC(C#N)(C#N)C(/C=C/c1ccc([N+](=O)[O-])cc1)c1ccc(OC)cc1. The summed E-state index contributed by atoms with van der Waals surface area (Å²) in [4.78, 5) is 10.3. The Kier molecular flexibility index (Phi) is 6.68. The van der Waals surface area contributed by atoms with E-state index in [-0.39, 0.29) is 12.1 Å². The van der Waals surface area contributed by atoms with Gasteiger partial charge in [-0.25, -0.2) is 0 Å². The largest absolute Gasteiger partial charge is 0.497 e. The Bertz CT molecular complexity index is 935. The molecule has 0 heterocycles. The average molecular weight is 373 g/mol. The highest BCUT2D eigenvalue weighted by Crippen LogP contribution is 2.40. The van der Waals surface area contributed by atoms with Crippen LogP contribution in [-0.4, -0.2) is 12.0 Å². The first-order valence-corrected chi connectivity index (χ1v) is 8.49. The van der Waals surface area contributed by atoms with Crippen molar-refractivity contribution in [2.24, 2.45) is 5.41 Å². The van der Waals surface area contributed by atoms with Crippen LogP contribution >= 0.6 is 0 Å². The summed E-state index contributed by atoms with van der Waals surface area (Å²) in [6.07, 6.45) is 5.29. The molecule has 0 fully saturated rings. The molecule has 2 rings (SSSR count). The van der Waals surface area contributed by atoms with E-state index in [2.05, 4.69) is 18.7 Å². The van der Waals surface area contributed by atoms with Gasteiger partial charge in [-0.15, -0.1) is 6.58 Å². The van der Waals surface area contributed by atoms with Crippen LogP contribution in [0, 0.1) is 38.2 Å². The Morgan fingerprint density at radius 3 is 2.25 bits per heavy atom. The van der Waals surface area contributed by atoms with Crippen LogP contribution in [0.5, 0.6) is 5.75 Å².